The topological polar surface area (TPSA) is 69.7 Å². The van der Waals surface area contributed by atoms with Crippen molar-refractivity contribution in [1.29, 1.82) is 0 Å². The minimum Gasteiger partial charge on any atom is -0.466 e. The standard InChI is InChI=1S/C7H9O5/c1-2-11-6(9)5-7(10)12-4-3-8/h2,4-5H2,1H3. The molecule has 0 rings (SSSR count). The van der Waals surface area contributed by atoms with Gasteiger partial charge in [-0.1, -0.05) is 0 Å². The first kappa shape index (κ1) is 10.6. The van der Waals surface area contributed by atoms with Gasteiger partial charge in [0.05, 0.1) is 6.61 Å². The van der Waals surface area contributed by atoms with Crippen molar-refractivity contribution in [3.8, 4) is 0 Å². The molecule has 0 heterocycles. The van der Waals surface area contributed by atoms with Gasteiger partial charge in [-0.15, -0.1) is 0 Å². The third-order valence-corrected chi connectivity index (χ3v) is 0.886. The van der Waals surface area contributed by atoms with Crippen LogP contribution in [-0.4, -0.2) is 31.4 Å². The highest BCUT2D eigenvalue weighted by Crippen LogP contribution is 1.89. The van der Waals surface area contributed by atoms with Gasteiger partial charge in [0.2, 0.25) is 6.29 Å². The number of hydrogen-bond acceptors (Lipinski definition) is 5. The molecule has 1 radical (unpaired) electrons. The normalized spacial score (nSPS) is 8.75. The highest BCUT2D eigenvalue weighted by Gasteiger charge is 2.10. The third kappa shape index (κ3) is 5.40. The first-order valence-electron chi connectivity index (χ1n) is 3.37. The lowest BCUT2D eigenvalue weighted by atomic mass is 10.4. The average molecular weight is 173 g/mol. The predicted molar refractivity (Wildman–Crippen MR) is 37.9 cm³/mol. The van der Waals surface area contributed by atoms with Crippen molar-refractivity contribution in [3.63, 3.8) is 0 Å². The van der Waals surface area contributed by atoms with Gasteiger partial charge in [-0.3, -0.25) is 14.4 Å². The van der Waals surface area contributed by atoms with Crippen LogP contribution in [0.2, 0.25) is 0 Å². The monoisotopic (exact) mass is 173 g/mol. The maximum absolute atomic E-state index is 10.6. The van der Waals surface area contributed by atoms with Crippen LogP contribution < -0.4 is 0 Å². The summed E-state index contributed by atoms with van der Waals surface area (Å²) < 4.78 is 8.70. The molecule has 0 saturated heterocycles. The molecule has 0 saturated carbocycles. The largest absolute Gasteiger partial charge is 0.466 e. The van der Waals surface area contributed by atoms with Crippen LogP contribution in [0.3, 0.4) is 0 Å². The molecule has 0 unspecified atom stereocenters. The maximum Gasteiger partial charge on any atom is 0.317 e. The van der Waals surface area contributed by atoms with Crippen molar-refractivity contribution < 1.29 is 23.9 Å². The van der Waals surface area contributed by atoms with E-state index in [1.54, 1.807) is 6.92 Å². The summed E-state index contributed by atoms with van der Waals surface area (Å²) >= 11 is 0. The molecule has 0 fully saturated rings. The second-order valence-corrected chi connectivity index (χ2v) is 1.79. The molecular formula is C7H9O5. The van der Waals surface area contributed by atoms with Crippen LogP contribution in [0.25, 0.3) is 0 Å². The van der Waals surface area contributed by atoms with Crippen LogP contribution in [-0.2, 0) is 23.9 Å². The molecule has 0 bridgehead atoms. The molecular weight excluding hydrogens is 164 g/mol. The van der Waals surface area contributed by atoms with Crippen molar-refractivity contribution in [1.82, 2.24) is 0 Å². The molecule has 0 aromatic heterocycles. The van der Waals surface area contributed by atoms with Crippen molar-refractivity contribution >= 4 is 18.2 Å². The summed E-state index contributed by atoms with van der Waals surface area (Å²) in [4.78, 5) is 30.8. The molecule has 0 spiro atoms. The van der Waals surface area contributed by atoms with E-state index in [1.165, 1.54) is 6.29 Å². The lowest BCUT2D eigenvalue weighted by Gasteiger charge is -2.00. The Hall–Kier alpha value is -1.39. The highest BCUT2D eigenvalue weighted by molar-refractivity contribution is 5.91. The van der Waals surface area contributed by atoms with Crippen LogP contribution >= 0.6 is 0 Å². The first-order chi connectivity index (χ1) is 5.70. The number of rotatable bonds is 5. The van der Waals surface area contributed by atoms with Gasteiger partial charge in [0.15, 0.2) is 6.61 Å². The van der Waals surface area contributed by atoms with E-state index in [4.69, 9.17) is 0 Å². The molecule has 0 aromatic rings. The van der Waals surface area contributed by atoms with E-state index >= 15 is 0 Å². The zero-order valence-electron chi connectivity index (χ0n) is 6.66. The fourth-order valence-corrected chi connectivity index (χ4v) is 0.491. The molecule has 0 aliphatic heterocycles. The zero-order chi connectivity index (χ0) is 9.40. The molecule has 67 valence electrons. The van der Waals surface area contributed by atoms with E-state index in [0.29, 0.717) is 0 Å². The Morgan fingerprint density at radius 1 is 1.25 bits per heavy atom. The summed E-state index contributed by atoms with van der Waals surface area (Å²) in [6, 6.07) is 0. The Morgan fingerprint density at radius 2 is 1.83 bits per heavy atom. The second kappa shape index (κ2) is 6.33. The number of hydrogen-bond donors (Lipinski definition) is 0. The summed E-state index contributed by atoms with van der Waals surface area (Å²) in [6.07, 6.45) is 0.896. The number of ether oxygens (including phenoxy) is 2. The van der Waals surface area contributed by atoms with Gasteiger partial charge < -0.3 is 9.47 Å². The van der Waals surface area contributed by atoms with E-state index in [2.05, 4.69) is 9.47 Å². The smallest absolute Gasteiger partial charge is 0.317 e. The molecule has 12 heavy (non-hydrogen) atoms. The van der Waals surface area contributed by atoms with Gasteiger partial charge in [-0.2, -0.15) is 0 Å². The maximum atomic E-state index is 10.6. The Labute approximate surface area is 69.6 Å². The molecule has 0 aliphatic rings. The fraction of sp³-hybridized carbons (Fsp3) is 0.571. The molecule has 0 aromatic carbocycles. The minimum absolute atomic E-state index is 0.214. The van der Waals surface area contributed by atoms with Crippen LogP contribution in [0.1, 0.15) is 13.3 Å². The van der Waals surface area contributed by atoms with Gasteiger partial charge in [-0.25, -0.2) is 0 Å². The molecule has 0 N–H and O–H groups in total. The van der Waals surface area contributed by atoms with Gasteiger partial charge in [-0.05, 0) is 6.92 Å². The van der Waals surface area contributed by atoms with E-state index in [1.807, 2.05) is 0 Å². The lowest BCUT2D eigenvalue weighted by molar-refractivity contribution is -0.153. The van der Waals surface area contributed by atoms with E-state index in [0.717, 1.165) is 0 Å². The van der Waals surface area contributed by atoms with E-state index in [-0.39, 0.29) is 6.61 Å². The average Bonchev–Trinajstić information content (AvgIpc) is 2.01. The molecule has 0 atom stereocenters. The quantitative estimate of drug-likeness (QED) is 0.417. The third-order valence-electron chi connectivity index (χ3n) is 0.886. The van der Waals surface area contributed by atoms with Crippen molar-refractivity contribution in [2.24, 2.45) is 0 Å². The second-order valence-electron chi connectivity index (χ2n) is 1.79. The summed E-state index contributed by atoms with van der Waals surface area (Å²) in [5.41, 5.74) is 0. The lowest BCUT2D eigenvalue weighted by Crippen LogP contribution is -2.14. The van der Waals surface area contributed by atoms with Crippen LogP contribution in [0.5, 0.6) is 0 Å². The number of carbonyl (C=O) groups excluding carboxylic acids is 3. The number of carbonyl (C=O) groups is 2. The van der Waals surface area contributed by atoms with Crippen molar-refractivity contribution in [3.05, 3.63) is 0 Å². The molecule has 0 amide bonds. The fourth-order valence-electron chi connectivity index (χ4n) is 0.491. The summed E-state index contributed by atoms with van der Waals surface area (Å²) in [7, 11) is 0. The summed E-state index contributed by atoms with van der Waals surface area (Å²) in [5, 5.41) is 0. The Bertz CT molecular complexity index is 175. The van der Waals surface area contributed by atoms with Gasteiger partial charge in [0.25, 0.3) is 0 Å². The van der Waals surface area contributed by atoms with E-state index < -0.39 is 25.0 Å². The number of esters is 2. The van der Waals surface area contributed by atoms with E-state index in [9.17, 15) is 14.4 Å². The Kier molecular flexibility index (Phi) is 5.60. The SMILES string of the molecule is CCOC(=O)CC(=O)OC[C]=O. The zero-order valence-corrected chi connectivity index (χ0v) is 6.66. The summed E-state index contributed by atoms with van der Waals surface area (Å²) in [6.45, 7) is 1.40. The molecule has 5 heteroatoms. The van der Waals surface area contributed by atoms with Crippen molar-refractivity contribution in [2.45, 2.75) is 13.3 Å². The Balaban J connectivity index is 3.54. The van der Waals surface area contributed by atoms with Gasteiger partial charge >= 0.3 is 11.9 Å². The Morgan fingerprint density at radius 3 is 2.33 bits per heavy atom. The predicted octanol–water partition coefficient (Wildman–Crippen LogP) is -0.407. The van der Waals surface area contributed by atoms with Crippen molar-refractivity contribution in [2.75, 3.05) is 13.2 Å². The van der Waals surface area contributed by atoms with Gasteiger partial charge in [0, 0.05) is 0 Å². The van der Waals surface area contributed by atoms with Gasteiger partial charge in [0.1, 0.15) is 6.42 Å². The minimum atomic E-state index is -0.781. The molecule has 5 nitrogen and oxygen atoms in total. The van der Waals surface area contributed by atoms with Crippen LogP contribution in [0, 0.1) is 0 Å². The van der Waals surface area contributed by atoms with Crippen LogP contribution in [0.15, 0.2) is 0 Å². The highest BCUT2D eigenvalue weighted by atomic mass is 16.6. The molecule has 0 aliphatic carbocycles. The first-order valence-corrected chi connectivity index (χ1v) is 3.37. The van der Waals surface area contributed by atoms with Crippen LogP contribution in [0.4, 0.5) is 0 Å². The summed E-state index contributed by atoms with van der Waals surface area (Å²) in [5.74, 6) is -1.44.